The Morgan fingerprint density at radius 3 is 2.38 bits per heavy atom. The molecule has 0 heterocycles. The summed E-state index contributed by atoms with van der Waals surface area (Å²) in [7, 11) is 0. The molecule has 3 nitrogen and oxygen atoms in total. The number of benzene rings is 2. The molecular formula is C18H21NO2. The molecule has 1 unspecified atom stereocenters. The molecule has 0 aliphatic carbocycles. The number of carbonyl (C=O) groups is 1. The van der Waals surface area contributed by atoms with E-state index in [1.54, 1.807) is 0 Å². The van der Waals surface area contributed by atoms with Crippen LogP contribution in [0.1, 0.15) is 29.7 Å². The van der Waals surface area contributed by atoms with E-state index < -0.39 is 5.97 Å². The highest BCUT2D eigenvalue weighted by Gasteiger charge is 2.20. The van der Waals surface area contributed by atoms with Crippen molar-refractivity contribution in [1.29, 1.82) is 0 Å². The Hall–Kier alpha value is -2.29. The zero-order valence-corrected chi connectivity index (χ0v) is 12.7. The van der Waals surface area contributed by atoms with Gasteiger partial charge in [-0.15, -0.1) is 0 Å². The minimum absolute atomic E-state index is 0.00380. The van der Waals surface area contributed by atoms with Crippen LogP contribution in [0.5, 0.6) is 0 Å². The number of para-hydroxylation sites is 1. The third-order valence-electron chi connectivity index (χ3n) is 3.74. The fourth-order valence-electron chi connectivity index (χ4n) is 2.68. The quantitative estimate of drug-likeness (QED) is 0.903. The maximum absolute atomic E-state index is 11.2. The molecule has 0 bridgehead atoms. The van der Waals surface area contributed by atoms with Crippen molar-refractivity contribution in [2.24, 2.45) is 0 Å². The van der Waals surface area contributed by atoms with Crippen LogP contribution >= 0.6 is 0 Å². The summed E-state index contributed by atoms with van der Waals surface area (Å²) in [6.07, 6.45) is 0. The molecule has 0 aromatic heterocycles. The second-order valence-corrected chi connectivity index (χ2v) is 5.39. The van der Waals surface area contributed by atoms with Crippen molar-refractivity contribution >= 4 is 11.7 Å². The predicted octanol–water partition coefficient (Wildman–Crippen LogP) is 3.96. The molecule has 0 spiro atoms. The third-order valence-corrected chi connectivity index (χ3v) is 3.74. The number of carboxylic acid groups (broad SMARTS) is 1. The summed E-state index contributed by atoms with van der Waals surface area (Å²) >= 11 is 0. The van der Waals surface area contributed by atoms with Crippen LogP contribution in [0.25, 0.3) is 0 Å². The first-order chi connectivity index (χ1) is 9.99. The Balaban J connectivity index is 2.38. The molecule has 2 aromatic carbocycles. The molecule has 2 aromatic rings. The third kappa shape index (κ3) is 3.63. The van der Waals surface area contributed by atoms with E-state index in [1.807, 2.05) is 42.2 Å². The lowest BCUT2D eigenvalue weighted by Crippen LogP contribution is -2.32. The number of rotatable bonds is 5. The standard InChI is InChI=1S/C18H21NO2/c1-13-9-10-17(14(2)11-13)15(3)19(12-18(20)21)16-7-5-4-6-8-16/h4-11,15H,12H2,1-3H3,(H,20,21). The summed E-state index contributed by atoms with van der Waals surface area (Å²) < 4.78 is 0. The minimum atomic E-state index is -0.824. The maximum Gasteiger partial charge on any atom is 0.323 e. The first-order valence-electron chi connectivity index (χ1n) is 7.09. The van der Waals surface area contributed by atoms with Crippen molar-refractivity contribution in [2.45, 2.75) is 26.8 Å². The normalized spacial score (nSPS) is 12.0. The van der Waals surface area contributed by atoms with E-state index in [4.69, 9.17) is 0 Å². The van der Waals surface area contributed by atoms with Crippen LogP contribution in [0.3, 0.4) is 0 Å². The van der Waals surface area contributed by atoms with E-state index in [2.05, 4.69) is 32.0 Å². The van der Waals surface area contributed by atoms with Gasteiger partial charge in [-0.25, -0.2) is 0 Å². The zero-order chi connectivity index (χ0) is 15.4. The van der Waals surface area contributed by atoms with Gasteiger partial charge in [0.05, 0.1) is 6.04 Å². The average molecular weight is 283 g/mol. The fraction of sp³-hybridized carbons (Fsp3) is 0.278. The van der Waals surface area contributed by atoms with Gasteiger partial charge in [-0.3, -0.25) is 4.79 Å². The van der Waals surface area contributed by atoms with Gasteiger partial charge in [0.15, 0.2) is 0 Å². The Labute approximate surface area is 125 Å². The van der Waals surface area contributed by atoms with Crippen LogP contribution in [0.15, 0.2) is 48.5 Å². The molecule has 0 saturated heterocycles. The molecule has 0 aliphatic heterocycles. The number of carboxylic acids is 1. The second-order valence-electron chi connectivity index (χ2n) is 5.39. The second kappa shape index (κ2) is 6.44. The van der Waals surface area contributed by atoms with Gasteiger partial charge in [0.25, 0.3) is 0 Å². The monoisotopic (exact) mass is 283 g/mol. The smallest absolute Gasteiger partial charge is 0.323 e. The largest absolute Gasteiger partial charge is 0.480 e. The van der Waals surface area contributed by atoms with Crippen LogP contribution in [0.2, 0.25) is 0 Å². The van der Waals surface area contributed by atoms with Gasteiger partial charge in [0.1, 0.15) is 6.54 Å². The van der Waals surface area contributed by atoms with Crippen molar-refractivity contribution in [3.8, 4) is 0 Å². The number of hydrogen-bond donors (Lipinski definition) is 1. The minimum Gasteiger partial charge on any atom is -0.480 e. The lowest BCUT2D eigenvalue weighted by atomic mass is 9.98. The van der Waals surface area contributed by atoms with E-state index in [0.717, 1.165) is 11.3 Å². The topological polar surface area (TPSA) is 40.5 Å². The average Bonchev–Trinajstić information content (AvgIpc) is 2.45. The van der Waals surface area contributed by atoms with Crippen LogP contribution < -0.4 is 4.90 Å². The van der Waals surface area contributed by atoms with Crippen molar-refractivity contribution < 1.29 is 9.90 Å². The van der Waals surface area contributed by atoms with E-state index >= 15 is 0 Å². The Morgan fingerprint density at radius 1 is 1.14 bits per heavy atom. The van der Waals surface area contributed by atoms with Gasteiger partial charge >= 0.3 is 5.97 Å². The van der Waals surface area contributed by atoms with Gasteiger partial charge in [-0.2, -0.15) is 0 Å². The highest BCUT2D eigenvalue weighted by molar-refractivity contribution is 5.74. The lowest BCUT2D eigenvalue weighted by molar-refractivity contribution is -0.135. The van der Waals surface area contributed by atoms with Crippen LogP contribution in [-0.4, -0.2) is 17.6 Å². The van der Waals surface area contributed by atoms with Crippen molar-refractivity contribution in [3.05, 3.63) is 65.2 Å². The number of nitrogens with zero attached hydrogens (tertiary/aromatic N) is 1. The summed E-state index contributed by atoms with van der Waals surface area (Å²) in [5.74, 6) is -0.824. The van der Waals surface area contributed by atoms with Crippen molar-refractivity contribution in [3.63, 3.8) is 0 Å². The Kier molecular flexibility index (Phi) is 4.63. The lowest BCUT2D eigenvalue weighted by Gasteiger charge is -2.31. The number of hydrogen-bond acceptors (Lipinski definition) is 2. The Bertz CT molecular complexity index is 622. The van der Waals surface area contributed by atoms with E-state index in [0.29, 0.717) is 0 Å². The molecule has 0 amide bonds. The van der Waals surface area contributed by atoms with E-state index in [-0.39, 0.29) is 12.6 Å². The van der Waals surface area contributed by atoms with Crippen LogP contribution in [0, 0.1) is 13.8 Å². The van der Waals surface area contributed by atoms with Gasteiger partial charge in [0, 0.05) is 5.69 Å². The summed E-state index contributed by atoms with van der Waals surface area (Å²) in [6, 6.07) is 16.0. The maximum atomic E-state index is 11.2. The van der Waals surface area contributed by atoms with E-state index in [1.165, 1.54) is 11.1 Å². The molecule has 0 saturated carbocycles. The predicted molar refractivity (Wildman–Crippen MR) is 85.8 cm³/mol. The van der Waals surface area contributed by atoms with Crippen molar-refractivity contribution in [2.75, 3.05) is 11.4 Å². The molecule has 2 rings (SSSR count). The summed E-state index contributed by atoms with van der Waals surface area (Å²) in [4.78, 5) is 13.1. The number of aryl methyl sites for hydroxylation is 2. The van der Waals surface area contributed by atoms with E-state index in [9.17, 15) is 9.90 Å². The molecule has 0 fully saturated rings. The molecule has 21 heavy (non-hydrogen) atoms. The molecule has 0 radical (unpaired) electrons. The summed E-state index contributed by atoms with van der Waals surface area (Å²) in [5.41, 5.74) is 4.49. The van der Waals surface area contributed by atoms with Crippen LogP contribution in [-0.2, 0) is 4.79 Å². The summed E-state index contributed by atoms with van der Waals surface area (Å²) in [5, 5.41) is 9.21. The van der Waals surface area contributed by atoms with Gasteiger partial charge in [-0.05, 0) is 44.0 Å². The fourth-order valence-corrected chi connectivity index (χ4v) is 2.68. The molecule has 0 aliphatic rings. The van der Waals surface area contributed by atoms with Gasteiger partial charge < -0.3 is 10.0 Å². The first kappa shape index (κ1) is 15.1. The van der Waals surface area contributed by atoms with Crippen molar-refractivity contribution in [1.82, 2.24) is 0 Å². The number of anilines is 1. The first-order valence-corrected chi connectivity index (χ1v) is 7.09. The molecule has 1 N–H and O–H groups in total. The highest BCUT2D eigenvalue weighted by Crippen LogP contribution is 2.28. The SMILES string of the molecule is Cc1ccc(C(C)N(CC(=O)O)c2ccccc2)c(C)c1. The highest BCUT2D eigenvalue weighted by atomic mass is 16.4. The Morgan fingerprint density at radius 2 is 1.81 bits per heavy atom. The van der Waals surface area contributed by atoms with Gasteiger partial charge in [0.2, 0.25) is 0 Å². The van der Waals surface area contributed by atoms with Crippen LogP contribution in [0.4, 0.5) is 5.69 Å². The molecule has 110 valence electrons. The zero-order valence-electron chi connectivity index (χ0n) is 12.7. The molecule has 1 atom stereocenters. The summed E-state index contributed by atoms with van der Waals surface area (Å²) in [6.45, 7) is 6.17. The molecular weight excluding hydrogens is 262 g/mol. The molecule has 3 heteroatoms. The number of aliphatic carboxylic acids is 1. The van der Waals surface area contributed by atoms with Gasteiger partial charge in [-0.1, -0.05) is 42.0 Å².